The SMILES string of the molecule is CCOC(CC)(CC)C(NC)c1cccnc1. The van der Waals surface area contributed by atoms with Crippen LogP contribution in [0.25, 0.3) is 0 Å². The number of hydrogen-bond acceptors (Lipinski definition) is 3. The summed E-state index contributed by atoms with van der Waals surface area (Å²) in [5.74, 6) is 0. The summed E-state index contributed by atoms with van der Waals surface area (Å²) in [5.41, 5.74) is 1.04. The topological polar surface area (TPSA) is 34.1 Å². The quantitative estimate of drug-likeness (QED) is 0.790. The van der Waals surface area contributed by atoms with E-state index in [0.717, 1.165) is 19.4 Å². The molecule has 1 heterocycles. The van der Waals surface area contributed by atoms with E-state index in [1.807, 2.05) is 19.3 Å². The van der Waals surface area contributed by atoms with Crippen LogP contribution in [0.1, 0.15) is 45.2 Å². The molecule has 0 aromatic carbocycles. The average molecular weight is 236 g/mol. The maximum atomic E-state index is 6.05. The molecule has 1 unspecified atom stereocenters. The van der Waals surface area contributed by atoms with Gasteiger partial charge in [0.25, 0.3) is 0 Å². The second kappa shape index (κ2) is 6.72. The molecule has 0 amide bonds. The number of hydrogen-bond donors (Lipinski definition) is 1. The van der Waals surface area contributed by atoms with Crippen LogP contribution in [0.2, 0.25) is 0 Å². The van der Waals surface area contributed by atoms with E-state index in [1.54, 1.807) is 6.20 Å². The van der Waals surface area contributed by atoms with E-state index in [-0.39, 0.29) is 11.6 Å². The molecule has 1 aromatic rings. The highest BCUT2D eigenvalue weighted by atomic mass is 16.5. The van der Waals surface area contributed by atoms with Crippen molar-refractivity contribution in [3.63, 3.8) is 0 Å². The fraction of sp³-hybridized carbons (Fsp3) is 0.643. The third-order valence-corrected chi connectivity index (χ3v) is 3.46. The molecule has 96 valence electrons. The molecule has 0 saturated heterocycles. The summed E-state index contributed by atoms with van der Waals surface area (Å²) in [5, 5.41) is 3.38. The van der Waals surface area contributed by atoms with Crippen LogP contribution in [0.4, 0.5) is 0 Å². The normalized spacial score (nSPS) is 13.6. The zero-order valence-electron chi connectivity index (χ0n) is 11.4. The summed E-state index contributed by atoms with van der Waals surface area (Å²) in [6.07, 6.45) is 5.69. The van der Waals surface area contributed by atoms with Gasteiger partial charge in [-0.25, -0.2) is 0 Å². The summed E-state index contributed by atoms with van der Waals surface area (Å²) < 4.78 is 6.05. The van der Waals surface area contributed by atoms with Gasteiger partial charge in [-0.15, -0.1) is 0 Å². The van der Waals surface area contributed by atoms with Crippen LogP contribution in [-0.4, -0.2) is 24.2 Å². The highest BCUT2D eigenvalue weighted by Gasteiger charge is 2.36. The zero-order valence-corrected chi connectivity index (χ0v) is 11.4. The second-order valence-corrected chi connectivity index (χ2v) is 4.21. The number of ether oxygens (including phenoxy) is 1. The first-order valence-corrected chi connectivity index (χ1v) is 6.45. The first kappa shape index (κ1) is 14.1. The molecule has 0 aliphatic carbocycles. The third-order valence-electron chi connectivity index (χ3n) is 3.46. The fourth-order valence-electron chi connectivity index (χ4n) is 2.51. The maximum absolute atomic E-state index is 6.05. The minimum Gasteiger partial charge on any atom is -0.373 e. The Labute approximate surface area is 105 Å². The lowest BCUT2D eigenvalue weighted by molar-refractivity contribution is -0.0718. The van der Waals surface area contributed by atoms with Crippen molar-refractivity contribution in [2.45, 2.75) is 45.3 Å². The molecule has 17 heavy (non-hydrogen) atoms. The summed E-state index contributed by atoms with van der Waals surface area (Å²) in [6, 6.07) is 4.26. The van der Waals surface area contributed by atoms with Gasteiger partial charge in [-0.2, -0.15) is 0 Å². The van der Waals surface area contributed by atoms with Crippen LogP contribution < -0.4 is 5.32 Å². The van der Waals surface area contributed by atoms with Gasteiger partial charge in [0, 0.05) is 19.0 Å². The van der Waals surface area contributed by atoms with Crippen LogP contribution in [0.5, 0.6) is 0 Å². The van der Waals surface area contributed by atoms with E-state index >= 15 is 0 Å². The summed E-state index contributed by atoms with van der Waals surface area (Å²) in [4.78, 5) is 4.20. The van der Waals surface area contributed by atoms with Gasteiger partial charge < -0.3 is 10.1 Å². The molecule has 0 radical (unpaired) electrons. The zero-order chi connectivity index (χ0) is 12.7. The first-order chi connectivity index (χ1) is 8.24. The number of nitrogens with one attached hydrogen (secondary N) is 1. The lowest BCUT2D eigenvalue weighted by atomic mass is 9.84. The monoisotopic (exact) mass is 236 g/mol. The Balaban J connectivity index is 3.05. The molecule has 1 N–H and O–H groups in total. The molecule has 0 aliphatic rings. The molecule has 0 saturated carbocycles. The van der Waals surface area contributed by atoms with E-state index in [9.17, 15) is 0 Å². The molecule has 1 atom stereocenters. The molecular weight excluding hydrogens is 212 g/mol. The van der Waals surface area contributed by atoms with Gasteiger partial charge in [-0.05, 0) is 38.4 Å². The van der Waals surface area contributed by atoms with E-state index < -0.39 is 0 Å². The highest BCUT2D eigenvalue weighted by molar-refractivity contribution is 5.18. The number of nitrogens with zero attached hydrogens (tertiary/aromatic N) is 1. The second-order valence-electron chi connectivity index (χ2n) is 4.21. The van der Waals surface area contributed by atoms with Gasteiger partial charge >= 0.3 is 0 Å². The molecule has 0 aliphatic heterocycles. The predicted molar refractivity (Wildman–Crippen MR) is 71.0 cm³/mol. The standard InChI is InChI=1S/C14H24N2O/c1-5-14(6-2,17-7-3)13(15-4)12-9-8-10-16-11-12/h8-11,13,15H,5-7H2,1-4H3. The third kappa shape index (κ3) is 3.05. The summed E-state index contributed by atoms with van der Waals surface area (Å²) in [7, 11) is 1.98. The fourth-order valence-corrected chi connectivity index (χ4v) is 2.51. The van der Waals surface area contributed by atoms with Gasteiger partial charge in [0.15, 0.2) is 0 Å². The molecular formula is C14H24N2O. The minimum absolute atomic E-state index is 0.146. The Morgan fingerprint density at radius 1 is 1.35 bits per heavy atom. The van der Waals surface area contributed by atoms with Crippen LogP contribution in [-0.2, 0) is 4.74 Å². The Bertz CT molecular complexity index is 309. The largest absolute Gasteiger partial charge is 0.373 e. The molecule has 1 aromatic heterocycles. The lowest BCUT2D eigenvalue weighted by Crippen LogP contribution is -2.44. The maximum Gasteiger partial charge on any atom is 0.0871 e. The van der Waals surface area contributed by atoms with Crippen molar-refractivity contribution in [2.24, 2.45) is 0 Å². The number of aromatic nitrogens is 1. The smallest absolute Gasteiger partial charge is 0.0871 e. The van der Waals surface area contributed by atoms with E-state index in [2.05, 4.69) is 37.1 Å². The molecule has 3 heteroatoms. The number of pyridine rings is 1. The molecule has 1 rings (SSSR count). The Morgan fingerprint density at radius 2 is 2.06 bits per heavy atom. The van der Waals surface area contributed by atoms with Crippen molar-refractivity contribution in [1.82, 2.24) is 10.3 Å². The van der Waals surface area contributed by atoms with Crippen molar-refractivity contribution < 1.29 is 4.74 Å². The van der Waals surface area contributed by atoms with Crippen LogP contribution in [0, 0.1) is 0 Å². The Kier molecular flexibility index (Phi) is 5.59. The van der Waals surface area contributed by atoms with Gasteiger partial charge in [-0.3, -0.25) is 4.98 Å². The molecule has 0 bridgehead atoms. The van der Waals surface area contributed by atoms with Gasteiger partial charge in [0.2, 0.25) is 0 Å². The first-order valence-electron chi connectivity index (χ1n) is 6.45. The van der Waals surface area contributed by atoms with Gasteiger partial charge in [0.1, 0.15) is 0 Å². The number of rotatable bonds is 7. The van der Waals surface area contributed by atoms with Crippen LogP contribution in [0.15, 0.2) is 24.5 Å². The van der Waals surface area contributed by atoms with E-state index in [4.69, 9.17) is 4.74 Å². The summed E-state index contributed by atoms with van der Waals surface area (Å²) in [6.45, 7) is 7.15. The summed E-state index contributed by atoms with van der Waals surface area (Å²) >= 11 is 0. The predicted octanol–water partition coefficient (Wildman–Crippen LogP) is 2.94. The van der Waals surface area contributed by atoms with Crippen LogP contribution >= 0.6 is 0 Å². The number of likely N-dealkylation sites (N-methyl/N-ethyl adjacent to an activating group) is 1. The van der Waals surface area contributed by atoms with Crippen LogP contribution in [0.3, 0.4) is 0 Å². The van der Waals surface area contributed by atoms with Crippen molar-refractivity contribution in [1.29, 1.82) is 0 Å². The lowest BCUT2D eigenvalue weighted by Gasteiger charge is -2.39. The van der Waals surface area contributed by atoms with Crippen molar-refractivity contribution in [3.05, 3.63) is 30.1 Å². The Hall–Kier alpha value is -0.930. The van der Waals surface area contributed by atoms with Crippen molar-refractivity contribution in [3.8, 4) is 0 Å². The van der Waals surface area contributed by atoms with Crippen molar-refractivity contribution >= 4 is 0 Å². The van der Waals surface area contributed by atoms with E-state index in [0.29, 0.717) is 0 Å². The van der Waals surface area contributed by atoms with Gasteiger partial charge in [0.05, 0.1) is 11.6 Å². The molecule has 3 nitrogen and oxygen atoms in total. The Morgan fingerprint density at radius 3 is 2.47 bits per heavy atom. The van der Waals surface area contributed by atoms with Crippen molar-refractivity contribution in [2.75, 3.05) is 13.7 Å². The van der Waals surface area contributed by atoms with Gasteiger partial charge in [-0.1, -0.05) is 19.9 Å². The average Bonchev–Trinajstić information content (AvgIpc) is 2.39. The highest BCUT2D eigenvalue weighted by Crippen LogP contribution is 2.34. The molecule has 0 spiro atoms. The minimum atomic E-state index is -0.146. The molecule has 0 fully saturated rings. The van der Waals surface area contributed by atoms with E-state index in [1.165, 1.54) is 5.56 Å².